The minimum Gasteiger partial charge on any atom is -0.264 e. The molecule has 2 heterocycles. The molecular formula is C12H12N2. The summed E-state index contributed by atoms with van der Waals surface area (Å²) in [4.78, 5) is 8.33. The average Bonchev–Trinajstić information content (AvgIpc) is 2.23. The van der Waals surface area contributed by atoms with Gasteiger partial charge in [-0.05, 0) is 30.2 Å². The van der Waals surface area contributed by atoms with E-state index in [9.17, 15) is 0 Å². The largest absolute Gasteiger partial charge is 0.264 e. The Bertz CT molecular complexity index is 392. The lowest BCUT2D eigenvalue weighted by Crippen LogP contribution is -1.90. The smallest absolute Gasteiger partial charge is 0.0372 e. The van der Waals surface area contributed by atoms with Crippen LogP contribution in [-0.4, -0.2) is 9.97 Å². The van der Waals surface area contributed by atoms with Crippen molar-refractivity contribution < 1.29 is 0 Å². The predicted octanol–water partition coefficient (Wildman–Crippen LogP) is 2.38. The third-order valence-corrected chi connectivity index (χ3v) is 2.10. The monoisotopic (exact) mass is 184 g/mol. The Balaban J connectivity index is 2.16. The zero-order chi connectivity index (χ0) is 9.80. The van der Waals surface area contributed by atoms with Crippen LogP contribution in [0.5, 0.6) is 0 Å². The number of aromatic nitrogens is 2. The summed E-state index contributed by atoms with van der Waals surface area (Å²) in [6, 6.07) is 8.17. The molecule has 0 fully saturated rings. The number of hydrogen-bond acceptors (Lipinski definition) is 2. The molecule has 0 saturated carbocycles. The number of pyridine rings is 2. The quantitative estimate of drug-likeness (QED) is 0.716. The summed E-state index contributed by atoms with van der Waals surface area (Å²) in [5, 5.41) is 0. The molecule has 0 saturated heterocycles. The van der Waals surface area contributed by atoms with Gasteiger partial charge in [0.05, 0.1) is 0 Å². The highest BCUT2D eigenvalue weighted by Gasteiger charge is 1.95. The Morgan fingerprint density at radius 1 is 1.07 bits per heavy atom. The van der Waals surface area contributed by atoms with Crippen LogP contribution in [-0.2, 0) is 6.42 Å². The van der Waals surface area contributed by atoms with Crippen molar-refractivity contribution in [2.75, 3.05) is 0 Å². The summed E-state index contributed by atoms with van der Waals surface area (Å²) in [7, 11) is 0. The lowest BCUT2D eigenvalue weighted by atomic mass is 10.1. The average molecular weight is 184 g/mol. The molecule has 70 valence electrons. The van der Waals surface area contributed by atoms with E-state index in [2.05, 4.69) is 22.1 Å². The molecule has 14 heavy (non-hydrogen) atoms. The molecule has 0 bridgehead atoms. The van der Waals surface area contributed by atoms with Crippen molar-refractivity contribution in [3.63, 3.8) is 0 Å². The molecule has 2 aromatic rings. The fraction of sp³-hybridized carbons (Fsp3) is 0.167. The number of aryl methyl sites for hydroxylation is 1. The maximum absolute atomic E-state index is 4.25. The summed E-state index contributed by atoms with van der Waals surface area (Å²) in [5.41, 5.74) is 3.50. The van der Waals surface area contributed by atoms with Gasteiger partial charge in [-0.1, -0.05) is 12.1 Å². The fourth-order valence-electron chi connectivity index (χ4n) is 1.34. The van der Waals surface area contributed by atoms with Crippen molar-refractivity contribution in [2.24, 2.45) is 0 Å². The Labute approximate surface area is 83.7 Å². The van der Waals surface area contributed by atoms with Gasteiger partial charge in [0.25, 0.3) is 0 Å². The maximum Gasteiger partial charge on any atom is 0.0372 e. The first kappa shape index (κ1) is 8.88. The number of nitrogens with zero attached hydrogens (tertiary/aromatic N) is 2. The third kappa shape index (κ3) is 2.16. The molecule has 0 aliphatic heterocycles. The van der Waals surface area contributed by atoms with E-state index in [1.165, 1.54) is 11.1 Å². The van der Waals surface area contributed by atoms with Crippen LogP contribution in [0.25, 0.3) is 0 Å². The third-order valence-electron chi connectivity index (χ3n) is 2.10. The highest BCUT2D eigenvalue weighted by Crippen LogP contribution is 2.07. The van der Waals surface area contributed by atoms with Gasteiger partial charge >= 0.3 is 0 Å². The van der Waals surface area contributed by atoms with Crippen LogP contribution in [0.1, 0.15) is 16.8 Å². The zero-order valence-corrected chi connectivity index (χ0v) is 8.14. The van der Waals surface area contributed by atoms with Gasteiger partial charge in [0.15, 0.2) is 0 Å². The predicted molar refractivity (Wildman–Crippen MR) is 56.0 cm³/mol. The van der Waals surface area contributed by atoms with Gasteiger partial charge in [-0.3, -0.25) is 9.97 Å². The van der Waals surface area contributed by atoms with Crippen LogP contribution in [0.3, 0.4) is 0 Å². The molecule has 0 N–H and O–H groups in total. The summed E-state index contributed by atoms with van der Waals surface area (Å²) in [6.45, 7) is 1.99. The number of rotatable bonds is 2. The Hall–Kier alpha value is -1.70. The second-order valence-corrected chi connectivity index (χ2v) is 3.35. The molecule has 0 atom stereocenters. The molecule has 2 heteroatoms. The van der Waals surface area contributed by atoms with E-state index in [-0.39, 0.29) is 0 Å². The van der Waals surface area contributed by atoms with E-state index in [0.29, 0.717) is 0 Å². The molecule has 0 unspecified atom stereocenters. The molecule has 0 aliphatic rings. The van der Waals surface area contributed by atoms with Crippen molar-refractivity contribution >= 4 is 0 Å². The molecule has 2 rings (SSSR count). The molecule has 0 amide bonds. The summed E-state index contributed by atoms with van der Waals surface area (Å²) >= 11 is 0. The number of hydrogen-bond donors (Lipinski definition) is 0. The van der Waals surface area contributed by atoms with Crippen LogP contribution in [0.15, 0.2) is 42.9 Å². The molecular weight excluding hydrogens is 172 g/mol. The van der Waals surface area contributed by atoms with Crippen molar-refractivity contribution in [3.8, 4) is 0 Å². The van der Waals surface area contributed by atoms with Crippen LogP contribution >= 0.6 is 0 Å². The zero-order valence-electron chi connectivity index (χ0n) is 8.14. The highest BCUT2D eigenvalue weighted by molar-refractivity contribution is 5.22. The van der Waals surface area contributed by atoms with Crippen LogP contribution < -0.4 is 0 Å². The van der Waals surface area contributed by atoms with Gasteiger partial charge in [-0.15, -0.1) is 0 Å². The molecule has 2 aromatic heterocycles. The van der Waals surface area contributed by atoms with Gasteiger partial charge in [0.1, 0.15) is 0 Å². The molecule has 2 nitrogen and oxygen atoms in total. The standard InChI is InChI=1S/C12H12N2/c1-10-4-5-12(9-14-10)7-11-3-2-6-13-8-11/h2-6,8-9H,7H2,1H3. The Kier molecular flexibility index (Phi) is 2.54. The lowest BCUT2D eigenvalue weighted by molar-refractivity contribution is 1.09. The Morgan fingerprint density at radius 3 is 2.57 bits per heavy atom. The first-order valence-corrected chi connectivity index (χ1v) is 4.65. The minimum atomic E-state index is 0.904. The highest BCUT2D eigenvalue weighted by atomic mass is 14.7. The van der Waals surface area contributed by atoms with E-state index in [1.807, 2.05) is 31.5 Å². The second-order valence-electron chi connectivity index (χ2n) is 3.35. The van der Waals surface area contributed by atoms with Crippen molar-refractivity contribution in [1.29, 1.82) is 0 Å². The van der Waals surface area contributed by atoms with Gasteiger partial charge in [-0.2, -0.15) is 0 Å². The van der Waals surface area contributed by atoms with Crippen LogP contribution in [0, 0.1) is 6.92 Å². The van der Waals surface area contributed by atoms with E-state index < -0.39 is 0 Å². The molecule has 0 aliphatic carbocycles. The normalized spacial score (nSPS) is 10.1. The second kappa shape index (κ2) is 4.01. The first-order chi connectivity index (χ1) is 6.84. The summed E-state index contributed by atoms with van der Waals surface area (Å²) in [5.74, 6) is 0. The summed E-state index contributed by atoms with van der Waals surface area (Å²) < 4.78 is 0. The Morgan fingerprint density at radius 2 is 1.93 bits per heavy atom. The van der Waals surface area contributed by atoms with Crippen molar-refractivity contribution in [3.05, 3.63) is 59.7 Å². The summed E-state index contributed by atoms with van der Waals surface area (Å²) in [6.07, 6.45) is 6.50. The SMILES string of the molecule is Cc1ccc(Cc2cccnc2)cn1. The van der Waals surface area contributed by atoms with E-state index >= 15 is 0 Å². The first-order valence-electron chi connectivity index (χ1n) is 4.65. The van der Waals surface area contributed by atoms with Gasteiger partial charge < -0.3 is 0 Å². The molecule has 0 aromatic carbocycles. The van der Waals surface area contributed by atoms with E-state index in [1.54, 1.807) is 6.20 Å². The van der Waals surface area contributed by atoms with Crippen molar-refractivity contribution in [1.82, 2.24) is 9.97 Å². The fourth-order valence-corrected chi connectivity index (χ4v) is 1.34. The van der Waals surface area contributed by atoms with Gasteiger partial charge in [0, 0.05) is 30.7 Å². The van der Waals surface area contributed by atoms with Crippen molar-refractivity contribution in [2.45, 2.75) is 13.3 Å². The maximum atomic E-state index is 4.25. The van der Waals surface area contributed by atoms with E-state index in [4.69, 9.17) is 0 Å². The molecule has 0 radical (unpaired) electrons. The van der Waals surface area contributed by atoms with Crippen LogP contribution in [0.2, 0.25) is 0 Å². The van der Waals surface area contributed by atoms with Gasteiger partial charge in [0.2, 0.25) is 0 Å². The van der Waals surface area contributed by atoms with Gasteiger partial charge in [-0.25, -0.2) is 0 Å². The minimum absolute atomic E-state index is 0.904. The van der Waals surface area contributed by atoms with E-state index in [0.717, 1.165) is 12.1 Å². The lowest BCUT2D eigenvalue weighted by Gasteiger charge is -2.00. The topological polar surface area (TPSA) is 25.8 Å². The van der Waals surface area contributed by atoms with Crippen LogP contribution in [0.4, 0.5) is 0 Å². The molecule has 0 spiro atoms.